The third kappa shape index (κ3) is 3.30. The Hall–Kier alpha value is -2.45. The van der Waals surface area contributed by atoms with Crippen LogP contribution in [0, 0.1) is 0 Å². The molecule has 0 amide bonds. The van der Waals surface area contributed by atoms with Gasteiger partial charge in [-0.25, -0.2) is 17.9 Å². The van der Waals surface area contributed by atoms with Crippen LogP contribution >= 0.6 is 0 Å². The molecule has 0 aliphatic carbocycles. The molecule has 1 aliphatic heterocycles. The van der Waals surface area contributed by atoms with E-state index < -0.39 is 10.0 Å². The van der Waals surface area contributed by atoms with Gasteiger partial charge in [0.25, 0.3) is 0 Å². The highest BCUT2D eigenvalue weighted by Gasteiger charge is 2.26. The Labute approximate surface area is 152 Å². The van der Waals surface area contributed by atoms with E-state index in [1.54, 1.807) is 16.4 Å². The van der Waals surface area contributed by atoms with Crippen molar-refractivity contribution in [2.45, 2.75) is 30.7 Å². The van der Waals surface area contributed by atoms with E-state index in [0.717, 1.165) is 30.3 Å². The second-order valence-electron chi connectivity index (χ2n) is 6.40. The maximum Gasteiger partial charge on any atom is 0.244 e. The first-order chi connectivity index (χ1) is 12.6. The lowest BCUT2D eigenvalue weighted by molar-refractivity contribution is 0.346. The van der Waals surface area contributed by atoms with E-state index in [4.69, 9.17) is 0 Å². The molecule has 1 fully saturated rings. The fourth-order valence-electron chi connectivity index (χ4n) is 3.20. The first-order valence-corrected chi connectivity index (χ1v) is 10.2. The third-order valence-corrected chi connectivity index (χ3v) is 6.54. The van der Waals surface area contributed by atoms with Gasteiger partial charge in [0.05, 0.1) is 11.7 Å². The molecule has 0 spiro atoms. The van der Waals surface area contributed by atoms with Crippen LogP contribution in [0.2, 0.25) is 0 Å². The molecule has 1 saturated heterocycles. The lowest BCUT2D eigenvalue weighted by Crippen LogP contribution is -2.35. The number of nitrogens with zero attached hydrogens (tertiary/aromatic N) is 4. The largest absolute Gasteiger partial charge is 0.366 e. The van der Waals surface area contributed by atoms with Crippen molar-refractivity contribution in [3.63, 3.8) is 0 Å². The number of sulfonamides is 1. The first-order valence-electron chi connectivity index (χ1n) is 8.76. The predicted octanol–water partition coefficient (Wildman–Crippen LogP) is 2.52. The summed E-state index contributed by atoms with van der Waals surface area (Å²) in [5.41, 5.74) is 2.08. The molecule has 4 rings (SSSR count). The molecule has 0 radical (unpaired) electrons. The van der Waals surface area contributed by atoms with Gasteiger partial charge in [0, 0.05) is 37.6 Å². The zero-order valence-electron chi connectivity index (χ0n) is 14.4. The van der Waals surface area contributed by atoms with Crippen LogP contribution in [-0.4, -0.2) is 40.4 Å². The van der Waals surface area contributed by atoms with Crippen molar-refractivity contribution in [1.29, 1.82) is 0 Å². The third-order valence-electron chi connectivity index (χ3n) is 4.66. The minimum absolute atomic E-state index is 0.251. The zero-order chi connectivity index (χ0) is 18.0. The Morgan fingerprint density at radius 2 is 1.88 bits per heavy atom. The smallest absolute Gasteiger partial charge is 0.244 e. The minimum Gasteiger partial charge on any atom is -0.366 e. The second kappa shape index (κ2) is 7.05. The van der Waals surface area contributed by atoms with Crippen LogP contribution in [0.3, 0.4) is 0 Å². The molecule has 7 nitrogen and oxygen atoms in total. The van der Waals surface area contributed by atoms with Crippen molar-refractivity contribution < 1.29 is 8.42 Å². The molecular weight excluding hydrogens is 350 g/mol. The molecule has 0 aromatic carbocycles. The van der Waals surface area contributed by atoms with E-state index in [1.165, 1.54) is 6.20 Å². The SMILES string of the molecule is O=S(=O)(c1ccc(NCc2cnn3ccccc23)nc1)N1CCCCC1. The van der Waals surface area contributed by atoms with Gasteiger partial charge in [0.1, 0.15) is 10.7 Å². The maximum atomic E-state index is 12.6. The van der Waals surface area contributed by atoms with E-state index in [-0.39, 0.29) is 4.90 Å². The van der Waals surface area contributed by atoms with Crippen LogP contribution in [0.25, 0.3) is 5.52 Å². The molecule has 8 heteroatoms. The highest BCUT2D eigenvalue weighted by atomic mass is 32.2. The zero-order valence-corrected chi connectivity index (χ0v) is 15.2. The Kier molecular flexibility index (Phi) is 4.60. The molecule has 26 heavy (non-hydrogen) atoms. The van der Waals surface area contributed by atoms with Crippen molar-refractivity contribution >= 4 is 21.4 Å². The molecule has 0 saturated carbocycles. The molecule has 0 unspecified atom stereocenters. The lowest BCUT2D eigenvalue weighted by atomic mass is 10.2. The molecule has 1 aliphatic rings. The number of rotatable bonds is 5. The minimum atomic E-state index is -3.44. The summed E-state index contributed by atoms with van der Waals surface area (Å²) in [5.74, 6) is 0.637. The van der Waals surface area contributed by atoms with Crippen molar-refractivity contribution in [3.8, 4) is 0 Å². The molecule has 3 aromatic heterocycles. The van der Waals surface area contributed by atoms with Gasteiger partial charge in [-0.15, -0.1) is 0 Å². The van der Waals surface area contributed by atoms with Crippen LogP contribution in [0.1, 0.15) is 24.8 Å². The van der Waals surface area contributed by atoms with Gasteiger partial charge in [0.2, 0.25) is 10.0 Å². The Morgan fingerprint density at radius 3 is 2.65 bits per heavy atom. The summed E-state index contributed by atoms with van der Waals surface area (Å²) in [6.45, 7) is 1.76. The van der Waals surface area contributed by atoms with E-state index >= 15 is 0 Å². The topological polar surface area (TPSA) is 79.6 Å². The normalized spacial score (nSPS) is 16.0. The van der Waals surface area contributed by atoms with Gasteiger partial charge >= 0.3 is 0 Å². The summed E-state index contributed by atoms with van der Waals surface area (Å²) in [5, 5.41) is 7.53. The number of anilines is 1. The van der Waals surface area contributed by atoms with Crippen LogP contribution < -0.4 is 5.32 Å². The van der Waals surface area contributed by atoms with E-state index in [0.29, 0.717) is 25.5 Å². The Balaban J connectivity index is 1.46. The van der Waals surface area contributed by atoms with E-state index in [9.17, 15) is 8.42 Å². The number of hydrogen-bond donors (Lipinski definition) is 1. The van der Waals surface area contributed by atoms with Crippen LogP contribution in [0.4, 0.5) is 5.82 Å². The number of aromatic nitrogens is 3. The fraction of sp³-hybridized carbons (Fsp3) is 0.333. The summed E-state index contributed by atoms with van der Waals surface area (Å²) in [6.07, 6.45) is 8.09. The molecule has 4 heterocycles. The summed E-state index contributed by atoms with van der Waals surface area (Å²) >= 11 is 0. The monoisotopic (exact) mass is 371 g/mol. The van der Waals surface area contributed by atoms with Crippen molar-refractivity contribution in [2.75, 3.05) is 18.4 Å². The van der Waals surface area contributed by atoms with Gasteiger partial charge in [-0.3, -0.25) is 0 Å². The standard InChI is InChI=1S/C18H21N5O2S/c24-26(25,22-9-3-1-4-10-22)16-7-8-18(20-14-16)19-12-15-13-21-23-11-5-2-6-17(15)23/h2,5-8,11,13-14H,1,3-4,9-10,12H2,(H,19,20). The van der Waals surface area contributed by atoms with Gasteiger partial charge in [-0.2, -0.15) is 9.40 Å². The highest BCUT2D eigenvalue weighted by Crippen LogP contribution is 2.21. The van der Waals surface area contributed by atoms with Crippen LogP contribution in [0.5, 0.6) is 0 Å². The van der Waals surface area contributed by atoms with Gasteiger partial charge < -0.3 is 5.32 Å². The molecule has 0 atom stereocenters. The Morgan fingerprint density at radius 1 is 1.04 bits per heavy atom. The van der Waals surface area contributed by atoms with E-state index in [2.05, 4.69) is 15.4 Å². The average molecular weight is 371 g/mol. The van der Waals surface area contributed by atoms with E-state index in [1.807, 2.05) is 35.1 Å². The summed E-state index contributed by atoms with van der Waals surface area (Å²) in [6, 6.07) is 9.24. The fourth-order valence-corrected chi connectivity index (χ4v) is 4.66. The van der Waals surface area contributed by atoms with Crippen molar-refractivity contribution in [3.05, 3.63) is 54.5 Å². The number of nitrogens with one attached hydrogen (secondary N) is 1. The van der Waals surface area contributed by atoms with Crippen molar-refractivity contribution in [2.24, 2.45) is 0 Å². The maximum absolute atomic E-state index is 12.6. The molecular formula is C18H21N5O2S. The number of fused-ring (bicyclic) bond motifs is 1. The average Bonchev–Trinajstić information content (AvgIpc) is 3.11. The molecule has 3 aromatic rings. The summed E-state index contributed by atoms with van der Waals surface area (Å²) in [7, 11) is -3.44. The lowest BCUT2D eigenvalue weighted by Gasteiger charge is -2.25. The first kappa shape index (κ1) is 17.0. The second-order valence-corrected chi connectivity index (χ2v) is 8.34. The molecule has 0 bridgehead atoms. The number of pyridine rings is 2. The Bertz CT molecular complexity index is 992. The van der Waals surface area contributed by atoms with Gasteiger partial charge in [0.15, 0.2) is 0 Å². The summed E-state index contributed by atoms with van der Waals surface area (Å²) in [4.78, 5) is 4.53. The van der Waals surface area contributed by atoms with Crippen LogP contribution in [-0.2, 0) is 16.6 Å². The highest BCUT2D eigenvalue weighted by molar-refractivity contribution is 7.89. The van der Waals surface area contributed by atoms with Gasteiger partial charge in [-0.05, 0) is 37.1 Å². The number of piperidine rings is 1. The predicted molar refractivity (Wildman–Crippen MR) is 99.4 cm³/mol. The quantitative estimate of drug-likeness (QED) is 0.745. The molecule has 1 N–H and O–H groups in total. The van der Waals surface area contributed by atoms with Crippen LogP contribution in [0.15, 0.2) is 53.8 Å². The number of hydrogen-bond acceptors (Lipinski definition) is 5. The van der Waals surface area contributed by atoms with Gasteiger partial charge in [-0.1, -0.05) is 12.5 Å². The van der Waals surface area contributed by atoms with Crippen molar-refractivity contribution in [1.82, 2.24) is 18.9 Å². The molecule has 136 valence electrons. The summed E-state index contributed by atoms with van der Waals surface area (Å²) < 4.78 is 28.7.